The molecule has 0 aliphatic heterocycles. The Morgan fingerprint density at radius 2 is 0.892 bits per heavy atom. The van der Waals surface area contributed by atoms with E-state index in [0.717, 1.165) is 55.8 Å². The Labute approximate surface area is 376 Å². The van der Waals surface area contributed by atoms with Crippen LogP contribution in [-0.4, -0.2) is 4.57 Å². The third kappa shape index (κ3) is 6.05. The van der Waals surface area contributed by atoms with Gasteiger partial charge in [-0.3, -0.25) is 0 Å². The molecule has 65 heavy (non-hydrogen) atoms. The number of benzene rings is 11. The normalized spacial score (nSPS) is 11.7. The third-order valence-corrected chi connectivity index (χ3v) is 13.2. The van der Waals surface area contributed by atoms with Gasteiger partial charge in [-0.2, -0.15) is 0 Å². The molecule has 0 amide bonds. The second-order valence-electron chi connectivity index (χ2n) is 16.8. The van der Waals surface area contributed by atoms with Crippen LogP contribution in [0.25, 0.3) is 104 Å². The molecule has 3 nitrogen and oxygen atoms in total. The topological polar surface area (TPSA) is 21.3 Å². The van der Waals surface area contributed by atoms with E-state index in [-0.39, 0.29) is 0 Å². The Bertz CT molecular complexity index is 3930. The van der Waals surface area contributed by atoms with Crippen molar-refractivity contribution in [3.05, 3.63) is 243 Å². The number of furan rings is 1. The molecule has 0 aliphatic rings. The van der Waals surface area contributed by atoms with Crippen molar-refractivity contribution in [2.75, 3.05) is 4.90 Å². The number of fused-ring (bicyclic) bond motifs is 9. The highest BCUT2D eigenvalue weighted by molar-refractivity contribution is 6.26. The summed E-state index contributed by atoms with van der Waals surface area (Å²) in [6.45, 7) is 0. The quantitative estimate of drug-likeness (QED) is 0.160. The zero-order chi connectivity index (χ0) is 42.8. The lowest BCUT2D eigenvalue weighted by atomic mass is 9.93. The Balaban J connectivity index is 0.998. The molecular weight excluding hydrogens is 789 g/mol. The fourth-order valence-corrected chi connectivity index (χ4v) is 10.2. The van der Waals surface area contributed by atoms with E-state index in [0.29, 0.717) is 0 Å². The second-order valence-corrected chi connectivity index (χ2v) is 16.8. The zero-order valence-corrected chi connectivity index (χ0v) is 35.4. The fourth-order valence-electron chi connectivity index (χ4n) is 10.2. The lowest BCUT2D eigenvalue weighted by Crippen LogP contribution is -2.10. The van der Waals surface area contributed by atoms with E-state index in [9.17, 15) is 0 Å². The summed E-state index contributed by atoms with van der Waals surface area (Å²) < 4.78 is 8.94. The van der Waals surface area contributed by atoms with Crippen molar-refractivity contribution in [1.29, 1.82) is 0 Å². The number of anilines is 3. The Kier molecular flexibility index (Phi) is 8.53. The first kappa shape index (κ1) is 36.9. The van der Waals surface area contributed by atoms with Gasteiger partial charge in [-0.1, -0.05) is 182 Å². The van der Waals surface area contributed by atoms with Crippen LogP contribution in [0.5, 0.6) is 0 Å². The third-order valence-electron chi connectivity index (χ3n) is 13.2. The van der Waals surface area contributed by atoms with Crippen LogP contribution in [0.15, 0.2) is 247 Å². The SMILES string of the molecule is c1ccc(-c2ccc(N(c3ccc(-c4cccc5c4oc4ccccc45)cc3)c3cccc(-n4c5cccc(-c6cccc7ccccc67)c5c5c6ccccc6ccc54)c3)cc2)cc1. The van der Waals surface area contributed by atoms with Gasteiger partial charge in [0, 0.05) is 49.9 Å². The van der Waals surface area contributed by atoms with E-state index in [1.807, 2.05) is 12.1 Å². The zero-order valence-electron chi connectivity index (χ0n) is 35.4. The molecule has 0 spiro atoms. The van der Waals surface area contributed by atoms with Crippen LogP contribution in [0.3, 0.4) is 0 Å². The first-order valence-corrected chi connectivity index (χ1v) is 22.2. The summed E-state index contributed by atoms with van der Waals surface area (Å²) in [6, 6.07) is 87.7. The Morgan fingerprint density at radius 3 is 1.71 bits per heavy atom. The average molecular weight is 829 g/mol. The molecule has 0 saturated carbocycles. The molecule has 304 valence electrons. The smallest absolute Gasteiger partial charge is 0.143 e. The van der Waals surface area contributed by atoms with Crippen molar-refractivity contribution in [1.82, 2.24) is 4.57 Å². The summed E-state index contributed by atoms with van der Waals surface area (Å²) in [7, 11) is 0. The van der Waals surface area contributed by atoms with Crippen LogP contribution in [0.4, 0.5) is 17.1 Å². The van der Waals surface area contributed by atoms with Crippen LogP contribution in [0.2, 0.25) is 0 Å². The predicted molar refractivity (Wildman–Crippen MR) is 274 cm³/mol. The van der Waals surface area contributed by atoms with E-state index < -0.39 is 0 Å². The summed E-state index contributed by atoms with van der Waals surface area (Å²) >= 11 is 0. The number of rotatable bonds is 7. The Morgan fingerprint density at radius 1 is 0.323 bits per heavy atom. The van der Waals surface area contributed by atoms with Crippen molar-refractivity contribution in [2.24, 2.45) is 0 Å². The van der Waals surface area contributed by atoms with Crippen molar-refractivity contribution >= 4 is 82.4 Å². The molecule has 0 fully saturated rings. The van der Waals surface area contributed by atoms with E-state index >= 15 is 0 Å². The average Bonchev–Trinajstić information content (AvgIpc) is 3.94. The highest BCUT2D eigenvalue weighted by Crippen LogP contribution is 2.45. The maximum Gasteiger partial charge on any atom is 0.143 e. The van der Waals surface area contributed by atoms with Crippen LogP contribution < -0.4 is 4.90 Å². The van der Waals surface area contributed by atoms with Gasteiger partial charge in [-0.25, -0.2) is 0 Å². The number of hydrogen-bond donors (Lipinski definition) is 0. The van der Waals surface area contributed by atoms with E-state index in [2.05, 4.69) is 240 Å². The lowest BCUT2D eigenvalue weighted by molar-refractivity contribution is 0.670. The molecule has 13 rings (SSSR count). The molecule has 0 saturated heterocycles. The number of nitrogens with zero attached hydrogens (tertiary/aromatic N) is 2. The van der Waals surface area contributed by atoms with E-state index in [4.69, 9.17) is 4.42 Å². The van der Waals surface area contributed by atoms with Gasteiger partial charge in [-0.05, 0) is 110 Å². The minimum absolute atomic E-state index is 0.901. The lowest BCUT2D eigenvalue weighted by Gasteiger charge is -2.26. The van der Waals surface area contributed by atoms with Crippen molar-refractivity contribution < 1.29 is 4.42 Å². The second kappa shape index (κ2) is 15.0. The van der Waals surface area contributed by atoms with Gasteiger partial charge >= 0.3 is 0 Å². The molecule has 11 aromatic carbocycles. The van der Waals surface area contributed by atoms with Gasteiger partial charge in [0.05, 0.1) is 11.0 Å². The molecule has 2 aromatic heterocycles. The highest BCUT2D eigenvalue weighted by Gasteiger charge is 2.21. The van der Waals surface area contributed by atoms with Crippen LogP contribution >= 0.6 is 0 Å². The highest BCUT2D eigenvalue weighted by atomic mass is 16.3. The fraction of sp³-hybridized carbons (Fsp3) is 0. The van der Waals surface area contributed by atoms with Gasteiger partial charge in [0.15, 0.2) is 0 Å². The van der Waals surface area contributed by atoms with Crippen molar-refractivity contribution in [3.8, 4) is 39.1 Å². The van der Waals surface area contributed by atoms with E-state index in [1.165, 1.54) is 65.6 Å². The number of hydrogen-bond acceptors (Lipinski definition) is 2. The molecule has 2 heterocycles. The van der Waals surface area contributed by atoms with Crippen LogP contribution in [0, 0.1) is 0 Å². The molecular formula is C62H40N2O. The number of aromatic nitrogens is 1. The monoisotopic (exact) mass is 828 g/mol. The maximum atomic E-state index is 6.47. The largest absolute Gasteiger partial charge is 0.455 e. The van der Waals surface area contributed by atoms with Gasteiger partial charge in [0.2, 0.25) is 0 Å². The molecule has 0 N–H and O–H groups in total. The first-order valence-electron chi connectivity index (χ1n) is 22.2. The number of para-hydroxylation sites is 2. The minimum atomic E-state index is 0.901. The molecule has 0 atom stereocenters. The summed E-state index contributed by atoms with van der Waals surface area (Å²) in [5, 5.41) is 9.73. The predicted octanol–water partition coefficient (Wildman–Crippen LogP) is 17.5. The maximum absolute atomic E-state index is 6.47. The van der Waals surface area contributed by atoms with Crippen LogP contribution in [0.1, 0.15) is 0 Å². The minimum Gasteiger partial charge on any atom is -0.455 e. The van der Waals surface area contributed by atoms with Crippen LogP contribution in [-0.2, 0) is 0 Å². The van der Waals surface area contributed by atoms with Gasteiger partial charge in [-0.15, -0.1) is 0 Å². The molecule has 0 aliphatic carbocycles. The summed E-state index contributed by atoms with van der Waals surface area (Å²) in [6.07, 6.45) is 0. The van der Waals surface area contributed by atoms with Gasteiger partial charge in [0.25, 0.3) is 0 Å². The summed E-state index contributed by atoms with van der Waals surface area (Å²) in [5.41, 5.74) is 15.4. The van der Waals surface area contributed by atoms with Gasteiger partial charge in [0.1, 0.15) is 11.2 Å². The molecule has 0 radical (unpaired) electrons. The van der Waals surface area contributed by atoms with Crippen molar-refractivity contribution in [3.63, 3.8) is 0 Å². The first-order chi connectivity index (χ1) is 32.2. The standard InChI is InChI=1S/C62H40N2O/c1-2-14-41(15-3-1)42-30-35-46(36-31-42)63(47-37-32-45(33-38-47)52-24-12-27-56-54-23-8-9-29-59(54)65-62(52)56)48-19-11-20-49(40-48)64-57-28-13-26-55(53-25-10-18-43-16-4-6-21-50(43)53)61(57)60-51-22-7-5-17-44(51)34-39-58(60)64/h1-40H. The molecule has 0 unspecified atom stereocenters. The summed E-state index contributed by atoms with van der Waals surface area (Å²) in [5.74, 6) is 0. The van der Waals surface area contributed by atoms with Crippen molar-refractivity contribution in [2.45, 2.75) is 0 Å². The molecule has 3 heteroatoms. The molecule has 0 bridgehead atoms. The van der Waals surface area contributed by atoms with E-state index in [1.54, 1.807) is 0 Å². The molecule has 13 aromatic rings. The summed E-state index contributed by atoms with van der Waals surface area (Å²) in [4.78, 5) is 2.37. The van der Waals surface area contributed by atoms with Gasteiger partial charge < -0.3 is 13.9 Å². The Hall–Kier alpha value is -8.66.